The van der Waals surface area contributed by atoms with E-state index in [0.29, 0.717) is 49.6 Å². The summed E-state index contributed by atoms with van der Waals surface area (Å²) in [6, 6.07) is 11.2. The van der Waals surface area contributed by atoms with E-state index < -0.39 is 0 Å². The first-order valence-corrected chi connectivity index (χ1v) is 10.7. The van der Waals surface area contributed by atoms with Gasteiger partial charge in [0.05, 0.1) is 31.4 Å². The number of fused-ring (bicyclic) bond motifs is 3. The summed E-state index contributed by atoms with van der Waals surface area (Å²) in [5.41, 5.74) is 2.06. The molecule has 0 saturated carbocycles. The largest absolute Gasteiger partial charge is 0.495 e. The summed E-state index contributed by atoms with van der Waals surface area (Å²) in [6.45, 7) is 5.45. The average Bonchev–Trinajstić information content (AvgIpc) is 3.15. The summed E-state index contributed by atoms with van der Waals surface area (Å²) < 4.78 is 16.6. The number of esters is 1. The van der Waals surface area contributed by atoms with Crippen LogP contribution < -0.4 is 10.1 Å². The Kier molecular flexibility index (Phi) is 6.13. The molecule has 1 N–H and O–H groups in total. The standard InChI is InChI=1S/C24H28N2O5/c1-4-30-24(28)16-9-11-26(12-10-16)15(2)23(27)25-19-14-21-18(13-22(19)29-3)17-7-5-6-8-20(17)31-21/h5-8,13-16H,4,9-12H2,1-3H3,(H,25,27)/t15-/m1/s1. The summed E-state index contributed by atoms with van der Waals surface area (Å²) in [5.74, 6) is 0.245. The number of rotatable bonds is 6. The Morgan fingerprint density at radius 1 is 1.16 bits per heavy atom. The number of amides is 1. The van der Waals surface area contributed by atoms with Crippen LogP contribution in [-0.4, -0.2) is 49.6 Å². The van der Waals surface area contributed by atoms with Gasteiger partial charge in [-0.05, 0) is 51.9 Å². The first kappa shape index (κ1) is 21.2. The molecule has 0 bridgehead atoms. The van der Waals surface area contributed by atoms with E-state index in [2.05, 4.69) is 10.2 Å². The quantitative estimate of drug-likeness (QED) is 0.598. The molecule has 0 radical (unpaired) electrons. The lowest BCUT2D eigenvalue weighted by Gasteiger charge is -2.34. The number of likely N-dealkylation sites (tertiary alicyclic amines) is 1. The molecule has 1 atom stereocenters. The van der Waals surface area contributed by atoms with Gasteiger partial charge in [-0.2, -0.15) is 0 Å². The summed E-state index contributed by atoms with van der Waals surface area (Å²) in [4.78, 5) is 27.0. The van der Waals surface area contributed by atoms with Crippen LogP contribution in [-0.2, 0) is 14.3 Å². The van der Waals surface area contributed by atoms with Gasteiger partial charge in [0, 0.05) is 16.8 Å². The van der Waals surface area contributed by atoms with Gasteiger partial charge >= 0.3 is 5.97 Å². The molecule has 4 rings (SSSR count). The number of furan rings is 1. The third-order valence-corrected chi connectivity index (χ3v) is 6.03. The van der Waals surface area contributed by atoms with Crippen molar-refractivity contribution in [2.45, 2.75) is 32.7 Å². The number of hydrogen-bond donors (Lipinski definition) is 1. The van der Waals surface area contributed by atoms with Gasteiger partial charge in [-0.25, -0.2) is 0 Å². The highest BCUT2D eigenvalue weighted by Crippen LogP contribution is 2.36. The number of benzene rings is 2. The van der Waals surface area contributed by atoms with Gasteiger partial charge in [0.1, 0.15) is 16.9 Å². The second-order valence-corrected chi connectivity index (χ2v) is 7.87. The second kappa shape index (κ2) is 8.98. The predicted octanol–water partition coefficient (Wildman–Crippen LogP) is 4.20. The minimum Gasteiger partial charge on any atom is -0.495 e. The zero-order valence-electron chi connectivity index (χ0n) is 18.1. The molecule has 1 fully saturated rings. The van der Waals surface area contributed by atoms with Crippen LogP contribution in [0.5, 0.6) is 5.75 Å². The molecule has 0 unspecified atom stereocenters. The molecule has 2 heterocycles. The monoisotopic (exact) mass is 424 g/mol. The summed E-state index contributed by atoms with van der Waals surface area (Å²) >= 11 is 0. The molecular weight excluding hydrogens is 396 g/mol. The predicted molar refractivity (Wildman–Crippen MR) is 119 cm³/mol. The van der Waals surface area contributed by atoms with Gasteiger partial charge in [0.15, 0.2) is 0 Å². The van der Waals surface area contributed by atoms with Crippen LogP contribution in [0, 0.1) is 5.92 Å². The van der Waals surface area contributed by atoms with E-state index in [1.807, 2.05) is 50.2 Å². The van der Waals surface area contributed by atoms with Crippen LogP contribution in [0.25, 0.3) is 21.9 Å². The summed E-state index contributed by atoms with van der Waals surface area (Å²) in [6.07, 6.45) is 1.40. The van der Waals surface area contributed by atoms with Crippen molar-refractivity contribution >= 4 is 39.5 Å². The Labute approximate surface area is 181 Å². The highest BCUT2D eigenvalue weighted by molar-refractivity contribution is 6.08. The number of ether oxygens (including phenoxy) is 2. The highest BCUT2D eigenvalue weighted by Gasteiger charge is 2.30. The fourth-order valence-corrected chi connectivity index (χ4v) is 4.20. The molecule has 1 aliphatic rings. The van der Waals surface area contributed by atoms with Crippen LogP contribution in [0.2, 0.25) is 0 Å². The number of carbonyl (C=O) groups excluding carboxylic acids is 2. The topological polar surface area (TPSA) is 81.0 Å². The van der Waals surface area contributed by atoms with E-state index in [4.69, 9.17) is 13.9 Å². The van der Waals surface area contributed by atoms with E-state index in [0.717, 1.165) is 16.4 Å². The van der Waals surface area contributed by atoms with E-state index in [-0.39, 0.29) is 23.8 Å². The van der Waals surface area contributed by atoms with Crippen molar-refractivity contribution < 1.29 is 23.5 Å². The molecular formula is C24H28N2O5. The smallest absolute Gasteiger partial charge is 0.309 e. The van der Waals surface area contributed by atoms with Gasteiger partial charge in [0.2, 0.25) is 5.91 Å². The van der Waals surface area contributed by atoms with Crippen molar-refractivity contribution in [1.82, 2.24) is 4.90 Å². The Hall–Kier alpha value is -3.06. The van der Waals surface area contributed by atoms with Crippen LogP contribution in [0.3, 0.4) is 0 Å². The van der Waals surface area contributed by atoms with Crippen molar-refractivity contribution in [2.24, 2.45) is 5.92 Å². The summed E-state index contributed by atoms with van der Waals surface area (Å²) in [5, 5.41) is 4.94. The molecule has 1 aromatic heterocycles. The van der Waals surface area contributed by atoms with Crippen LogP contribution in [0.1, 0.15) is 26.7 Å². The van der Waals surface area contributed by atoms with Crippen molar-refractivity contribution in [3.05, 3.63) is 36.4 Å². The first-order valence-electron chi connectivity index (χ1n) is 10.7. The van der Waals surface area contributed by atoms with Gasteiger partial charge in [-0.15, -0.1) is 0 Å². The molecule has 0 spiro atoms. The van der Waals surface area contributed by atoms with Crippen molar-refractivity contribution in [3.63, 3.8) is 0 Å². The molecule has 1 amide bonds. The molecule has 3 aromatic rings. The lowest BCUT2D eigenvalue weighted by atomic mass is 9.96. The number of anilines is 1. The normalized spacial score (nSPS) is 16.4. The second-order valence-electron chi connectivity index (χ2n) is 7.87. The highest BCUT2D eigenvalue weighted by atomic mass is 16.5. The van der Waals surface area contributed by atoms with Crippen LogP contribution >= 0.6 is 0 Å². The summed E-state index contributed by atoms with van der Waals surface area (Å²) in [7, 11) is 1.59. The molecule has 1 aliphatic heterocycles. The fraction of sp³-hybridized carbons (Fsp3) is 0.417. The van der Waals surface area contributed by atoms with Gasteiger partial charge in [0.25, 0.3) is 0 Å². The average molecular weight is 424 g/mol. The molecule has 0 aliphatic carbocycles. The number of carbonyl (C=O) groups is 2. The van der Waals surface area contributed by atoms with E-state index in [1.165, 1.54) is 0 Å². The Bertz CT molecular complexity index is 1100. The van der Waals surface area contributed by atoms with Gasteiger partial charge < -0.3 is 19.2 Å². The lowest BCUT2D eigenvalue weighted by Crippen LogP contribution is -2.47. The molecule has 7 nitrogen and oxygen atoms in total. The fourth-order valence-electron chi connectivity index (χ4n) is 4.20. The molecule has 31 heavy (non-hydrogen) atoms. The van der Waals surface area contributed by atoms with E-state index >= 15 is 0 Å². The Balaban J connectivity index is 1.47. The molecule has 7 heteroatoms. The van der Waals surface area contributed by atoms with Crippen LogP contribution in [0.15, 0.2) is 40.8 Å². The minimum atomic E-state index is -0.334. The van der Waals surface area contributed by atoms with Crippen molar-refractivity contribution in [1.29, 1.82) is 0 Å². The maximum atomic E-state index is 13.0. The number of nitrogens with zero attached hydrogens (tertiary/aromatic N) is 1. The SMILES string of the molecule is CCOC(=O)C1CCN([C@H](C)C(=O)Nc2cc3oc4ccccc4c3cc2OC)CC1. The van der Waals surface area contributed by atoms with Gasteiger partial charge in [-0.1, -0.05) is 18.2 Å². The van der Waals surface area contributed by atoms with Crippen molar-refractivity contribution in [2.75, 3.05) is 32.1 Å². The van der Waals surface area contributed by atoms with E-state index in [9.17, 15) is 9.59 Å². The van der Waals surface area contributed by atoms with Crippen molar-refractivity contribution in [3.8, 4) is 5.75 Å². The minimum absolute atomic E-state index is 0.0814. The van der Waals surface area contributed by atoms with E-state index in [1.54, 1.807) is 7.11 Å². The molecule has 2 aromatic carbocycles. The lowest BCUT2D eigenvalue weighted by molar-refractivity contribution is -0.149. The number of methoxy groups -OCH3 is 1. The Morgan fingerprint density at radius 3 is 2.61 bits per heavy atom. The maximum Gasteiger partial charge on any atom is 0.309 e. The number of nitrogens with one attached hydrogen (secondary N) is 1. The first-order chi connectivity index (χ1) is 15.0. The Morgan fingerprint density at radius 2 is 1.90 bits per heavy atom. The van der Waals surface area contributed by atoms with Gasteiger partial charge in [-0.3, -0.25) is 14.5 Å². The number of piperidine rings is 1. The third kappa shape index (κ3) is 4.23. The maximum absolute atomic E-state index is 13.0. The molecule has 1 saturated heterocycles. The molecule has 164 valence electrons. The zero-order chi connectivity index (χ0) is 22.0. The zero-order valence-corrected chi connectivity index (χ0v) is 18.1. The third-order valence-electron chi connectivity index (χ3n) is 6.03. The number of hydrogen-bond acceptors (Lipinski definition) is 6. The number of para-hydroxylation sites is 1. The van der Waals surface area contributed by atoms with Crippen LogP contribution in [0.4, 0.5) is 5.69 Å².